The second-order valence-electron chi connectivity index (χ2n) is 10.1. The van der Waals surface area contributed by atoms with Crippen LogP contribution in [0.25, 0.3) is 21.8 Å². The van der Waals surface area contributed by atoms with Crippen molar-refractivity contribution in [2.24, 2.45) is 7.05 Å². The Kier molecular flexibility index (Phi) is 5.62. The van der Waals surface area contributed by atoms with E-state index in [0.717, 1.165) is 38.5 Å². The standard InChI is InChI=1S/C27H29N5O2Si/c1-31(24-16-34-15-19-12-17(6-8-20(19)24)10-11-35(3,4)5)27(33)18-7-9-23-21(13-18)25-22(26(28)30-23)14-29-32(25)2/h6-9,12-14,24H,15-16H2,1-5H3,(H2,28,30). The molecule has 7 nitrogen and oxygen atoms in total. The zero-order valence-corrected chi connectivity index (χ0v) is 21.7. The molecule has 2 aromatic heterocycles. The number of fused-ring (bicyclic) bond motifs is 4. The van der Waals surface area contributed by atoms with E-state index in [1.807, 2.05) is 32.3 Å². The van der Waals surface area contributed by atoms with Crippen molar-refractivity contribution < 1.29 is 9.53 Å². The lowest BCUT2D eigenvalue weighted by Crippen LogP contribution is -2.36. The van der Waals surface area contributed by atoms with Gasteiger partial charge in [0.05, 0.1) is 41.9 Å². The summed E-state index contributed by atoms with van der Waals surface area (Å²) in [6, 6.07) is 11.6. The van der Waals surface area contributed by atoms with E-state index in [1.54, 1.807) is 21.8 Å². The number of anilines is 1. The fourth-order valence-electron chi connectivity index (χ4n) is 4.52. The molecule has 3 heterocycles. The molecule has 1 aliphatic heterocycles. The van der Waals surface area contributed by atoms with Crippen LogP contribution in [0, 0.1) is 11.5 Å². The monoisotopic (exact) mass is 483 g/mol. The smallest absolute Gasteiger partial charge is 0.254 e. The summed E-state index contributed by atoms with van der Waals surface area (Å²) in [6.45, 7) is 7.67. The third-order valence-electron chi connectivity index (χ3n) is 6.36. The zero-order chi connectivity index (χ0) is 24.9. The molecule has 1 aliphatic rings. The van der Waals surface area contributed by atoms with Gasteiger partial charge in [-0.3, -0.25) is 9.48 Å². The van der Waals surface area contributed by atoms with Crippen LogP contribution in [-0.2, 0) is 18.4 Å². The number of hydrogen-bond acceptors (Lipinski definition) is 5. The Morgan fingerprint density at radius 3 is 2.77 bits per heavy atom. The Bertz CT molecular complexity index is 1540. The second kappa shape index (κ2) is 8.52. The Hall–Kier alpha value is -3.67. The van der Waals surface area contributed by atoms with E-state index in [9.17, 15) is 4.79 Å². The Morgan fingerprint density at radius 1 is 1.20 bits per heavy atom. The van der Waals surface area contributed by atoms with Crippen LogP contribution in [0.5, 0.6) is 0 Å². The van der Waals surface area contributed by atoms with E-state index in [2.05, 4.69) is 53.3 Å². The minimum Gasteiger partial charge on any atom is -0.383 e. The molecule has 4 aromatic rings. The van der Waals surface area contributed by atoms with Crippen molar-refractivity contribution in [1.82, 2.24) is 19.7 Å². The molecule has 1 unspecified atom stereocenters. The lowest BCUT2D eigenvalue weighted by atomic mass is 9.95. The maximum Gasteiger partial charge on any atom is 0.254 e. The first kappa shape index (κ1) is 23.1. The van der Waals surface area contributed by atoms with Gasteiger partial charge in [-0.2, -0.15) is 5.10 Å². The molecule has 0 bridgehead atoms. The highest BCUT2D eigenvalue weighted by atomic mass is 28.3. The van der Waals surface area contributed by atoms with Gasteiger partial charge in [0.15, 0.2) is 0 Å². The van der Waals surface area contributed by atoms with Crippen molar-refractivity contribution in [3.63, 3.8) is 0 Å². The fourth-order valence-corrected chi connectivity index (χ4v) is 5.04. The Labute approximate surface area is 205 Å². The van der Waals surface area contributed by atoms with Crippen molar-refractivity contribution in [2.45, 2.75) is 32.3 Å². The minimum atomic E-state index is -1.46. The van der Waals surface area contributed by atoms with Crippen LogP contribution in [0.4, 0.5) is 5.82 Å². The number of likely N-dealkylation sites (N-methyl/N-ethyl adjacent to an activating group) is 1. The average Bonchev–Trinajstić information content (AvgIpc) is 3.23. The molecule has 0 radical (unpaired) electrons. The predicted octanol–water partition coefficient (Wildman–Crippen LogP) is 4.28. The van der Waals surface area contributed by atoms with E-state index < -0.39 is 8.07 Å². The molecule has 8 heteroatoms. The molecule has 0 fully saturated rings. The molecule has 2 N–H and O–H groups in total. The van der Waals surface area contributed by atoms with Crippen molar-refractivity contribution in [2.75, 3.05) is 19.4 Å². The average molecular weight is 484 g/mol. The maximum absolute atomic E-state index is 13.6. The van der Waals surface area contributed by atoms with Gasteiger partial charge in [0.25, 0.3) is 5.91 Å². The van der Waals surface area contributed by atoms with Gasteiger partial charge in [0.1, 0.15) is 13.9 Å². The highest BCUT2D eigenvalue weighted by molar-refractivity contribution is 6.83. The third-order valence-corrected chi connectivity index (χ3v) is 7.23. The molecule has 1 amide bonds. The quantitative estimate of drug-likeness (QED) is 0.340. The van der Waals surface area contributed by atoms with Crippen LogP contribution in [0.1, 0.15) is 33.1 Å². The lowest BCUT2D eigenvalue weighted by Gasteiger charge is -2.33. The van der Waals surface area contributed by atoms with Crippen LogP contribution in [0.3, 0.4) is 0 Å². The maximum atomic E-state index is 13.6. The first-order valence-electron chi connectivity index (χ1n) is 11.6. The van der Waals surface area contributed by atoms with Crippen LogP contribution in [0.2, 0.25) is 19.6 Å². The first-order valence-corrected chi connectivity index (χ1v) is 15.1. The largest absolute Gasteiger partial charge is 0.383 e. The number of nitrogens with zero attached hydrogens (tertiary/aromatic N) is 4. The van der Waals surface area contributed by atoms with Crippen LogP contribution in [0.15, 0.2) is 42.6 Å². The van der Waals surface area contributed by atoms with E-state index in [4.69, 9.17) is 10.5 Å². The molecule has 178 valence electrons. The number of pyridine rings is 1. The van der Waals surface area contributed by atoms with Crippen LogP contribution in [-0.4, -0.2) is 47.3 Å². The lowest BCUT2D eigenvalue weighted by molar-refractivity contribution is 0.0346. The first-order chi connectivity index (χ1) is 16.6. The van der Waals surface area contributed by atoms with E-state index in [1.165, 1.54) is 0 Å². The molecule has 0 saturated carbocycles. The number of benzene rings is 2. The molecule has 5 rings (SSSR count). The topological polar surface area (TPSA) is 86.3 Å². The highest BCUT2D eigenvalue weighted by Crippen LogP contribution is 2.32. The van der Waals surface area contributed by atoms with Gasteiger partial charge < -0.3 is 15.4 Å². The van der Waals surface area contributed by atoms with Crippen molar-refractivity contribution in [3.8, 4) is 11.5 Å². The predicted molar refractivity (Wildman–Crippen MR) is 142 cm³/mol. The number of amides is 1. The fraction of sp³-hybridized carbons (Fsp3) is 0.296. The minimum absolute atomic E-state index is 0.0805. The SMILES string of the molecule is CN(C(=O)c1ccc2nc(N)c3cnn(C)c3c2c1)C1COCc2cc(C#C[Si](C)(C)C)ccc21. The Balaban J connectivity index is 1.48. The molecule has 2 aromatic carbocycles. The van der Waals surface area contributed by atoms with Gasteiger partial charge in [0.2, 0.25) is 0 Å². The number of carbonyl (C=O) groups excluding carboxylic acids is 1. The van der Waals surface area contributed by atoms with Crippen LogP contribution >= 0.6 is 0 Å². The van der Waals surface area contributed by atoms with Gasteiger partial charge >= 0.3 is 0 Å². The summed E-state index contributed by atoms with van der Waals surface area (Å²) < 4.78 is 7.66. The number of nitrogens with two attached hydrogens (primary N) is 1. The summed E-state index contributed by atoms with van der Waals surface area (Å²) in [6.07, 6.45) is 1.70. The number of carbonyl (C=O) groups is 1. The Morgan fingerprint density at radius 2 is 2.00 bits per heavy atom. The number of rotatable bonds is 2. The summed E-state index contributed by atoms with van der Waals surface area (Å²) in [7, 11) is 2.23. The van der Waals surface area contributed by atoms with Gasteiger partial charge in [-0.1, -0.05) is 31.6 Å². The number of aromatic nitrogens is 3. The number of aryl methyl sites for hydroxylation is 1. The van der Waals surface area contributed by atoms with E-state index in [-0.39, 0.29) is 11.9 Å². The van der Waals surface area contributed by atoms with Gasteiger partial charge in [-0.15, -0.1) is 5.54 Å². The van der Waals surface area contributed by atoms with Gasteiger partial charge in [-0.25, -0.2) is 4.98 Å². The molecular formula is C27H29N5O2Si. The summed E-state index contributed by atoms with van der Waals surface area (Å²) >= 11 is 0. The second-order valence-corrected chi connectivity index (χ2v) is 14.9. The molecule has 0 saturated heterocycles. The van der Waals surface area contributed by atoms with Crippen LogP contribution < -0.4 is 5.73 Å². The molecule has 0 aliphatic carbocycles. The van der Waals surface area contributed by atoms with Crippen molar-refractivity contribution in [3.05, 3.63) is 64.8 Å². The third kappa shape index (κ3) is 4.29. The summed E-state index contributed by atoms with van der Waals surface area (Å²) in [4.78, 5) is 19.8. The number of ether oxygens (including phenoxy) is 1. The zero-order valence-electron chi connectivity index (χ0n) is 20.7. The van der Waals surface area contributed by atoms with Gasteiger partial charge in [-0.05, 0) is 41.5 Å². The summed E-state index contributed by atoms with van der Waals surface area (Å²) in [5.74, 6) is 3.67. The van der Waals surface area contributed by atoms with E-state index in [0.29, 0.717) is 24.6 Å². The van der Waals surface area contributed by atoms with Crippen molar-refractivity contribution in [1.29, 1.82) is 0 Å². The summed E-state index contributed by atoms with van der Waals surface area (Å²) in [5.41, 5.74) is 14.9. The molecule has 35 heavy (non-hydrogen) atoms. The van der Waals surface area contributed by atoms with Crippen molar-refractivity contribution >= 4 is 41.6 Å². The molecular weight excluding hydrogens is 454 g/mol. The molecule has 0 spiro atoms. The summed E-state index contributed by atoms with van der Waals surface area (Å²) in [5, 5.41) is 5.95. The van der Waals surface area contributed by atoms with E-state index >= 15 is 0 Å². The molecule has 1 atom stereocenters. The number of nitrogen functional groups attached to an aromatic ring is 1. The number of hydrogen-bond donors (Lipinski definition) is 1. The van der Waals surface area contributed by atoms with Gasteiger partial charge in [0, 0.05) is 30.6 Å². The normalized spacial score (nSPS) is 15.5. The highest BCUT2D eigenvalue weighted by Gasteiger charge is 2.28.